The first-order chi connectivity index (χ1) is 13.2. The van der Waals surface area contributed by atoms with E-state index >= 15 is 0 Å². The number of carbonyl (C=O) groups excluding carboxylic acids is 1. The van der Waals surface area contributed by atoms with Crippen molar-refractivity contribution in [1.29, 1.82) is 0 Å². The van der Waals surface area contributed by atoms with Crippen LogP contribution in [0, 0.1) is 12.7 Å². The molecule has 3 aromatic rings. The predicted octanol–water partition coefficient (Wildman–Crippen LogP) is 0.606. The monoisotopic (exact) mass is 429 g/mol. The van der Waals surface area contributed by atoms with E-state index in [4.69, 9.17) is 4.74 Å². The van der Waals surface area contributed by atoms with Gasteiger partial charge in [-0.05, 0) is 49.2 Å². The zero-order chi connectivity index (χ0) is 20.5. The largest absolute Gasteiger partial charge is 1.00 e. The maximum atomic E-state index is 13.9. The number of nitrogens with zero attached hydrogens (tertiary/aromatic N) is 1. The molecule has 1 heterocycles. The minimum Gasteiger partial charge on any atom is -1.00 e. The fourth-order valence-corrected chi connectivity index (χ4v) is 4.10. The summed E-state index contributed by atoms with van der Waals surface area (Å²) < 4.78 is 53.6. The minimum atomic E-state index is -4.40. The van der Waals surface area contributed by atoms with E-state index in [0.717, 1.165) is 0 Å². The number of hydrogen-bond acceptors (Lipinski definition) is 4. The molecule has 0 aliphatic carbocycles. The Bertz CT molecular complexity index is 1160. The van der Waals surface area contributed by atoms with Gasteiger partial charge in [0, 0.05) is 23.0 Å². The van der Waals surface area contributed by atoms with Crippen LogP contribution >= 0.6 is 0 Å². The van der Waals surface area contributed by atoms with Crippen molar-refractivity contribution in [3.63, 3.8) is 0 Å². The molecular weight excluding hydrogens is 408 g/mol. The van der Waals surface area contributed by atoms with E-state index in [0.29, 0.717) is 27.7 Å². The Morgan fingerprint density at radius 2 is 1.93 bits per heavy atom. The molecule has 0 spiro atoms. The summed E-state index contributed by atoms with van der Waals surface area (Å²) in [7, 11) is -4.40. The van der Waals surface area contributed by atoms with E-state index in [1.165, 1.54) is 24.3 Å². The summed E-state index contributed by atoms with van der Waals surface area (Å²) >= 11 is 0. The van der Waals surface area contributed by atoms with Crippen LogP contribution in [0.5, 0.6) is 0 Å². The van der Waals surface area contributed by atoms with Crippen molar-refractivity contribution in [3.05, 3.63) is 65.1 Å². The summed E-state index contributed by atoms with van der Waals surface area (Å²) in [6.45, 7) is 3.70. The quantitative estimate of drug-likeness (QED) is 0.353. The maximum absolute atomic E-state index is 13.9. The van der Waals surface area contributed by atoms with Gasteiger partial charge in [-0.1, -0.05) is 18.2 Å². The molecule has 0 bridgehead atoms. The standard InChI is InChI=1S/C20H20FNO5S.Na.H/c1-3-27-20(23)12-22-13(2)16(17-11-15(21)8-9-18(17)22)10-14-6-4-5-7-19(14)28(24,25)26;;/h4-9,11H,3,10,12H2,1-2H3,(H,24,25,26);;/q;+1;-1. The molecule has 2 aromatic carbocycles. The Kier molecular flexibility index (Phi) is 7.64. The molecule has 0 aliphatic rings. The van der Waals surface area contributed by atoms with Crippen molar-refractivity contribution >= 4 is 27.0 Å². The number of ether oxygens (including phenoxy) is 1. The van der Waals surface area contributed by atoms with E-state index < -0.39 is 21.9 Å². The molecule has 1 N–H and O–H groups in total. The molecule has 0 radical (unpaired) electrons. The number of aromatic nitrogens is 1. The van der Waals surface area contributed by atoms with E-state index in [1.54, 1.807) is 36.6 Å². The average molecular weight is 429 g/mol. The molecule has 3 rings (SSSR count). The fourth-order valence-electron chi connectivity index (χ4n) is 3.38. The zero-order valence-corrected chi connectivity index (χ0v) is 19.3. The fraction of sp³-hybridized carbons (Fsp3) is 0.250. The second-order valence-electron chi connectivity index (χ2n) is 6.38. The summed E-state index contributed by atoms with van der Waals surface area (Å²) in [5.74, 6) is -0.859. The third-order valence-corrected chi connectivity index (χ3v) is 5.58. The van der Waals surface area contributed by atoms with Crippen LogP contribution in [0.25, 0.3) is 10.9 Å². The van der Waals surface area contributed by atoms with Gasteiger partial charge in [-0.15, -0.1) is 0 Å². The van der Waals surface area contributed by atoms with Crippen LogP contribution < -0.4 is 29.6 Å². The number of benzene rings is 2. The van der Waals surface area contributed by atoms with Gasteiger partial charge in [-0.25, -0.2) is 4.39 Å². The molecule has 0 saturated carbocycles. The molecule has 0 amide bonds. The topological polar surface area (TPSA) is 85.6 Å². The Morgan fingerprint density at radius 3 is 2.59 bits per heavy atom. The van der Waals surface area contributed by atoms with Crippen LogP contribution in [-0.2, 0) is 32.6 Å². The van der Waals surface area contributed by atoms with Crippen molar-refractivity contribution < 1.29 is 57.9 Å². The second kappa shape index (κ2) is 9.40. The van der Waals surface area contributed by atoms with Gasteiger partial charge in [0.05, 0.1) is 11.5 Å². The predicted molar refractivity (Wildman–Crippen MR) is 103 cm³/mol. The van der Waals surface area contributed by atoms with Crippen molar-refractivity contribution in [3.8, 4) is 0 Å². The van der Waals surface area contributed by atoms with Gasteiger partial charge >= 0.3 is 35.5 Å². The van der Waals surface area contributed by atoms with E-state index in [9.17, 15) is 22.2 Å². The third kappa shape index (κ3) is 5.07. The SMILES string of the molecule is CCOC(=O)Cn1c(C)c(Cc2ccccc2S(=O)(=O)O)c2cc(F)ccc21.[H-].[Na+]. The third-order valence-electron chi connectivity index (χ3n) is 4.63. The van der Waals surface area contributed by atoms with Crippen LogP contribution in [0.2, 0.25) is 0 Å². The smallest absolute Gasteiger partial charge is 1.00 e. The van der Waals surface area contributed by atoms with E-state index in [-0.39, 0.29) is 55.5 Å². The minimum absolute atomic E-state index is 0. The summed E-state index contributed by atoms with van der Waals surface area (Å²) in [6, 6.07) is 10.3. The molecule has 0 atom stereocenters. The van der Waals surface area contributed by atoms with Gasteiger partial charge in [0.2, 0.25) is 0 Å². The van der Waals surface area contributed by atoms with Crippen molar-refractivity contribution in [2.24, 2.45) is 0 Å². The van der Waals surface area contributed by atoms with Gasteiger partial charge in [0.25, 0.3) is 10.1 Å². The summed E-state index contributed by atoms with van der Waals surface area (Å²) in [4.78, 5) is 11.8. The number of esters is 1. The van der Waals surface area contributed by atoms with Crippen LogP contribution in [-0.4, -0.2) is 30.1 Å². The van der Waals surface area contributed by atoms with Gasteiger partial charge < -0.3 is 10.7 Å². The molecule has 9 heteroatoms. The molecular formula is C20H21FNNaO5S. The van der Waals surface area contributed by atoms with Crippen LogP contribution in [0.15, 0.2) is 47.4 Å². The molecule has 0 unspecified atom stereocenters. The summed E-state index contributed by atoms with van der Waals surface area (Å²) in [5, 5.41) is 0.576. The molecule has 29 heavy (non-hydrogen) atoms. The van der Waals surface area contributed by atoms with Crippen LogP contribution in [0.1, 0.15) is 25.2 Å². The summed E-state index contributed by atoms with van der Waals surface area (Å²) in [5.41, 5.74) is 2.40. The van der Waals surface area contributed by atoms with Gasteiger partial charge in [0.1, 0.15) is 12.4 Å². The maximum Gasteiger partial charge on any atom is 1.00 e. The zero-order valence-electron chi connectivity index (χ0n) is 17.5. The summed E-state index contributed by atoms with van der Waals surface area (Å²) in [6.07, 6.45) is 0.150. The first-order valence-electron chi connectivity index (χ1n) is 8.70. The number of fused-ring (bicyclic) bond motifs is 1. The number of halogens is 1. The molecule has 1 aromatic heterocycles. The number of rotatable bonds is 6. The second-order valence-corrected chi connectivity index (χ2v) is 7.77. The number of hydrogen-bond donors (Lipinski definition) is 1. The normalized spacial score (nSPS) is 11.3. The molecule has 0 fully saturated rings. The first-order valence-corrected chi connectivity index (χ1v) is 10.1. The van der Waals surface area contributed by atoms with Crippen molar-refractivity contribution in [1.82, 2.24) is 4.57 Å². The Hall–Kier alpha value is -1.71. The Balaban J connectivity index is 0.00000225. The van der Waals surface area contributed by atoms with Crippen LogP contribution in [0.4, 0.5) is 4.39 Å². The molecule has 0 saturated heterocycles. The van der Waals surface area contributed by atoms with E-state index in [1.807, 2.05) is 0 Å². The number of carbonyl (C=O) groups is 1. The Labute approximate surface area is 192 Å². The van der Waals surface area contributed by atoms with Gasteiger partial charge in [0.15, 0.2) is 0 Å². The van der Waals surface area contributed by atoms with E-state index in [2.05, 4.69) is 0 Å². The first kappa shape index (κ1) is 23.6. The molecule has 0 aliphatic heterocycles. The average Bonchev–Trinajstić information content (AvgIpc) is 2.87. The van der Waals surface area contributed by atoms with Crippen LogP contribution in [0.3, 0.4) is 0 Å². The molecule has 150 valence electrons. The molecule has 6 nitrogen and oxygen atoms in total. The van der Waals surface area contributed by atoms with Crippen molar-refractivity contribution in [2.45, 2.75) is 31.7 Å². The Morgan fingerprint density at radius 1 is 1.24 bits per heavy atom. The van der Waals surface area contributed by atoms with Crippen molar-refractivity contribution in [2.75, 3.05) is 6.61 Å². The van der Waals surface area contributed by atoms with Gasteiger partial charge in [-0.3, -0.25) is 9.35 Å². The van der Waals surface area contributed by atoms with Gasteiger partial charge in [-0.2, -0.15) is 8.42 Å².